The molecule has 0 bridgehead atoms. The number of nitrogens with zero attached hydrogens (tertiary/aromatic N) is 1. The van der Waals surface area contributed by atoms with Gasteiger partial charge in [0.2, 0.25) is 11.8 Å². The van der Waals surface area contributed by atoms with Gasteiger partial charge in [0.25, 0.3) is 0 Å². The minimum absolute atomic E-state index is 0.0250. The predicted molar refractivity (Wildman–Crippen MR) is 76.0 cm³/mol. The lowest BCUT2D eigenvalue weighted by Gasteiger charge is -2.31. The van der Waals surface area contributed by atoms with Gasteiger partial charge in [-0.15, -0.1) is 0 Å². The van der Waals surface area contributed by atoms with Crippen LogP contribution < -0.4 is 5.32 Å². The van der Waals surface area contributed by atoms with Crippen molar-refractivity contribution in [3.63, 3.8) is 0 Å². The van der Waals surface area contributed by atoms with E-state index in [0.717, 1.165) is 32.1 Å². The number of carbonyl (C=O) groups excluding carboxylic acids is 2. The molecule has 2 fully saturated rings. The summed E-state index contributed by atoms with van der Waals surface area (Å²) in [6.45, 7) is 3.89. The molecule has 114 valence electrons. The number of likely N-dealkylation sites (tertiary alicyclic amines) is 1. The second kappa shape index (κ2) is 7.07. The van der Waals surface area contributed by atoms with E-state index < -0.39 is 0 Å². The standard InChI is InChI=1S/C15H26N2O3/c1-2-13(18)5-8-16-14(19)11-6-9-17(10-7-11)15(20)12-3-4-12/h11-13,18H,2-10H2,1H3,(H,16,19). The molecular weight excluding hydrogens is 256 g/mol. The van der Waals surface area contributed by atoms with Crippen LogP contribution in [0.4, 0.5) is 0 Å². The Hall–Kier alpha value is -1.10. The molecular formula is C15H26N2O3. The van der Waals surface area contributed by atoms with Crippen LogP contribution in [0.15, 0.2) is 0 Å². The molecule has 2 rings (SSSR count). The summed E-state index contributed by atoms with van der Waals surface area (Å²) in [6.07, 6.45) is 4.62. The first-order valence-corrected chi connectivity index (χ1v) is 7.86. The third-order valence-electron chi connectivity index (χ3n) is 4.35. The van der Waals surface area contributed by atoms with Gasteiger partial charge in [0, 0.05) is 31.5 Å². The quantitative estimate of drug-likeness (QED) is 0.761. The van der Waals surface area contributed by atoms with Crippen LogP contribution in [-0.4, -0.2) is 47.6 Å². The SMILES string of the molecule is CCC(O)CCNC(=O)C1CCN(C(=O)C2CC2)CC1. The van der Waals surface area contributed by atoms with Gasteiger partial charge in [-0.25, -0.2) is 0 Å². The fourth-order valence-electron chi connectivity index (χ4n) is 2.66. The molecule has 0 aromatic carbocycles. The highest BCUT2D eigenvalue weighted by atomic mass is 16.3. The number of aliphatic hydroxyl groups is 1. The Morgan fingerprint density at radius 2 is 1.85 bits per heavy atom. The Morgan fingerprint density at radius 1 is 1.20 bits per heavy atom. The molecule has 0 aromatic heterocycles. The van der Waals surface area contributed by atoms with Gasteiger partial charge in [0.05, 0.1) is 6.10 Å². The molecule has 1 aliphatic heterocycles. The first-order valence-electron chi connectivity index (χ1n) is 7.86. The third kappa shape index (κ3) is 4.20. The number of carbonyl (C=O) groups is 2. The van der Waals surface area contributed by atoms with Crippen molar-refractivity contribution in [2.75, 3.05) is 19.6 Å². The fourth-order valence-corrected chi connectivity index (χ4v) is 2.66. The van der Waals surface area contributed by atoms with Crippen LogP contribution in [0, 0.1) is 11.8 Å². The molecule has 1 saturated heterocycles. The van der Waals surface area contributed by atoms with Gasteiger partial charge >= 0.3 is 0 Å². The van der Waals surface area contributed by atoms with E-state index in [2.05, 4.69) is 5.32 Å². The van der Waals surface area contributed by atoms with Crippen LogP contribution in [0.5, 0.6) is 0 Å². The molecule has 1 heterocycles. The van der Waals surface area contributed by atoms with Crippen molar-refractivity contribution in [2.24, 2.45) is 11.8 Å². The topological polar surface area (TPSA) is 69.6 Å². The Kier molecular flexibility index (Phi) is 5.40. The van der Waals surface area contributed by atoms with Gasteiger partial charge in [-0.1, -0.05) is 6.92 Å². The molecule has 0 aromatic rings. The molecule has 2 N–H and O–H groups in total. The molecule has 0 radical (unpaired) electrons. The van der Waals surface area contributed by atoms with Crippen molar-refractivity contribution >= 4 is 11.8 Å². The number of aliphatic hydroxyl groups excluding tert-OH is 1. The number of hydrogen-bond acceptors (Lipinski definition) is 3. The van der Waals surface area contributed by atoms with E-state index in [0.29, 0.717) is 26.1 Å². The molecule has 1 aliphatic carbocycles. The lowest BCUT2D eigenvalue weighted by Crippen LogP contribution is -2.43. The van der Waals surface area contributed by atoms with Crippen molar-refractivity contribution in [1.29, 1.82) is 0 Å². The molecule has 2 aliphatic rings. The van der Waals surface area contributed by atoms with Crippen LogP contribution in [-0.2, 0) is 9.59 Å². The summed E-state index contributed by atoms with van der Waals surface area (Å²) in [4.78, 5) is 25.8. The van der Waals surface area contributed by atoms with Crippen LogP contribution in [0.2, 0.25) is 0 Å². The number of rotatable bonds is 6. The second-order valence-corrected chi connectivity index (χ2v) is 6.02. The Morgan fingerprint density at radius 3 is 2.40 bits per heavy atom. The number of nitrogens with one attached hydrogen (secondary N) is 1. The summed E-state index contributed by atoms with van der Waals surface area (Å²) in [5.74, 6) is 0.662. The summed E-state index contributed by atoms with van der Waals surface area (Å²) in [5, 5.41) is 12.3. The van der Waals surface area contributed by atoms with Gasteiger partial charge in [-0.3, -0.25) is 9.59 Å². The predicted octanol–water partition coefficient (Wildman–Crippen LogP) is 0.912. The highest BCUT2D eigenvalue weighted by molar-refractivity contribution is 5.82. The molecule has 2 amide bonds. The average molecular weight is 282 g/mol. The van der Waals surface area contributed by atoms with E-state index in [1.807, 2.05) is 11.8 Å². The third-order valence-corrected chi connectivity index (χ3v) is 4.35. The average Bonchev–Trinajstić information content (AvgIpc) is 3.31. The first-order chi connectivity index (χ1) is 9.61. The van der Waals surface area contributed by atoms with Crippen LogP contribution in [0.25, 0.3) is 0 Å². The number of piperidine rings is 1. The molecule has 5 nitrogen and oxygen atoms in total. The normalized spacial score (nSPS) is 21.6. The van der Waals surface area contributed by atoms with E-state index in [1.54, 1.807) is 0 Å². The minimum Gasteiger partial charge on any atom is -0.393 e. The van der Waals surface area contributed by atoms with Gasteiger partial charge < -0.3 is 15.3 Å². The van der Waals surface area contributed by atoms with Crippen molar-refractivity contribution in [3.8, 4) is 0 Å². The van der Waals surface area contributed by atoms with E-state index in [9.17, 15) is 14.7 Å². The Bertz CT molecular complexity index is 347. The largest absolute Gasteiger partial charge is 0.393 e. The zero-order chi connectivity index (χ0) is 14.5. The summed E-state index contributed by atoms with van der Waals surface area (Å²) in [6, 6.07) is 0. The second-order valence-electron chi connectivity index (χ2n) is 6.02. The lowest BCUT2D eigenvalue weighted by atomic mass is 9.95. The van der Waals surface area contributed by atoms with Crippen LogP contribution in [0.3, 0.4) is 0 Å². The highest BCUT2D eigenvalue weighted by Crippen LogP contribution is 2.32. The Labute approximate surface area is 120 Å². The van der Waals surface area contributed by atoms with Crippen molar-refractivity contribution < 1.29 is 14.7 Å². The van der Waals surface area contributed by atoms with Crippen molar-refractivity contribution in [3.05, 3.63) is 0 Å². The summed E-state index contributed by atoms with van der Waals surface area (Å²) in [5.41, 5.74) is 0. The van der Waals surface area contributed by atoms with E-state index in [1.165, 1.54) is 0 Å². The zero-order valence-corrected chi connectivity index (χ0v) is 12.3. The molecule has 5 heteroatoms. The maximum atomic E-state index is 12.0. The molecule has 1 unspecified atom stereocenters. The molecule has 1 saturated carbocycles. The van der Waals surface area contributed by atoms with Crippen LogP contribution in [0.1, 0.15) is 45.4 Å². The summed E-state index contributed by atoms with van der Waals surface area (Å²) in [7, 11) is 0. The van der Waals surface area contributed by atoms with Crippen LogP contribution >= 0.6 is 0 Å². The summed E-state index contributed by atoms with van der Waals surface area (Å²) < 4.78 is 0. The first kappa shape index (κ1) is 15.3. The molecule has 20 heavy (non-hydrogen) atoms. The minimum atomic E-state index is -0.326. The lowest BCUT2D eigenvalue weighted by molar-refractivity contribution is -0.136. The zero-order valence-electron chi connectivity index (χ0n) is 12.3. The van der Waals surface area contributed by atoms with E-state index in [-0.39, 0.29) is 29.8 Å². The monoisotopic (exact) mass is 282 g/mol. The van der Waals surface area contributed by atoms with Crippen molar-refractivity contribution in [2.45, 2.75) is 51.6 Å². The van der Waals surface area contributed by atoms with Gasteiger partial charge in [-0.2, -0.15) is 0 Å². The van der Waals surface area contributed by atoms with E-state index in [4.69, 9.17) is 0 Å². The maximum Gasteiger partial charge on any atom is 0.225 e. The number of amides is 2. The number of hydrogen-bond donors (Lipinski definition) is 2. The molecule has 0 spiro atoms. The molecule has 1 atom stereocenters. The van der Waals surface area contributed by atoms with Gasteiger partial charge in [0.15, 0.2) is 0 Å². The fraction of sp³-hybridized carbons (Fsp3) is 0.867. The van der Waals surface area contributed by atoms with E-state index >= 15 is 0 Å². The smallest absolute Gasteiger partial charge is 0.225 e. The Balaban J connectivity index is 1.65. The van der Waals surface area contributed by atoms with Crippen molar-refractivity contribution in [1.82, 2.24) is 10.2 Å². The van der Waals surface area contributed by atoms with Gasteiger partial charge in [-0.05, 0) is 38.5 Å². The van der Waals surface area contributed by atoms with Gasteiger partial charge in [0.1, 0.15) is 0 Å². The maximum absolute atomic E-state index is 12.0. The summed E-state index contributed by atoms with van der Waals surface area (Å²) >= 11 is 0. The highest BCUT2D eigenvalue weighted by Gasteiger charge is 2.35.